The van der Waals surface area contributed by atoms with Gasteiger partial charge in [-0.15, -0.1) is 0 Å². The highest BCUT2D eigenvalue weighted by Gasteiger charge is 2.19. The number of carbonyl (C=O) groups excluding carboxylic acids is 1. The third-order valence-corrected chi connectivity index (χ3v) is 4.17. The van der Waals surface area contributed by atoms with Crippen LogP contribution >= 0.6 is 27.5 Å². The zero-order chi connectivity index (χ0) is 16.2. The van der Waals surface area contributed by atoms with E-state index < -0.39 is 0 Å². The minimum Gasteiger partial charge on any atom is -0.309 e. The van der Waals surface area contributed by atoms with E-state index in [4.69, 9.17) is 11.6 Å². The lowest BCUT2D eigenvalue weighted by molar-refractivity contribution is -0.115. The molecule has 1 heterocycles. The Bertz CT molecular complexity index is 814. The Hall–Kier alpha value is -1.91. The number of hydrogen-bond donors (Lipinski definition) is 1. The smallest absolute Gasteiger partial charge is 0.275 e. The molecule has 0 aliphatic carbocycles. The van der Waals surface area contributed by atoms with E-state index in [1.165, 1.54) is 0 Å². The summed E-state index contributed by atoms with van der Waals surface area (Å²) < 4.78 is 0.968. The minimum atomic E-state index is -0.161. The maximum absolute atomic E-state index is 12.0. The van der Waals surface area contributed by atoms with Gasteiger partial charge < -0.3 is 5.32 Å². The van der Waals surface area contributed by atoms with E-state index in [0.29, 0.717) is 18.0 Å². The van der Waals surface area contributed by atoms with Crippen LogP contribution in [0.25, 0.3) is 6.08 Å². The third kappa shape index (κ3) is 4.30. The molecule has 0 atom stereocenters. The molecule has 5 heteroatoms. The quantitative estimate of drug-likeness (QED) is 0.763. The highest BCUT2D eigenvalue weighted by molar-refractivity contribution is 9.10. The topological polar surface area (TPSA) is 41.5 Å². The first kappa shape index (κ1) is 16.0. The SMILES string of the molecule is O=C1NC(CCc2cccc(Cl)c2)=N/C1=C/c1cccc(Br)c1. The van der Waals surface area contributed by atoms with Crippen LogP contribution in [0.3, 0.4) is 0 Å². The van der Waals surface area contributed by atoms with Crippen molar-refractivity contribution < 1.29 is 4.79 Å². The first-order valence-corrected chi connectivity index (χ1v) is 8.38. The Morgan fingerprint density at radius 3 is 2.74 bits per heavy atom. The Labute approximate surface area is 148 Å². The van der Waals surface area contributed by atoms with E-state index in [2.05, 4.69) is 26.2 Å². The van der Waals surface area contributed by atoms with E-state index >= 15 is 0 Å². The maximum atomic E-state index is 12.0. The lowest BCUT2D eigenvalue weighted by Gasteiger charge is -2.01. The molecule has 1 aliphatic rings. The summed E-state index contributed by atoms with van der Waals surface area (Å²) in [6.07, 6.45) is 3.23. The summed E-state index contributed by atoms with van der Waals surface area (Å²) in [5, 5.41) is 3.54. The van der Waals surface area contributed by atoms with E-state index in [-0.39, 0.29) is 5.91 Å². The van der Waals surface area contributed by atoms with Gasteiger partial charge in [-0.05, 0) is 47.9 Å². The van der Waals surface area contributed by atoms with Gasteiger partial charge >= 0.3 is 0 Å². The van der Waals surface area contributed by atoms with Crippen molar-refractivity contribution in [1.29, 1.82) is 0 Å². The molecule has 3 rings (SSSR count). The van der Waals surface area contributed by atoms with Crippen molar-refractivity contribution in [3.63, 3.8) is 0 Å². The van der Waals surface area contributed by atoms with E-state index in [0.717, 1.165) is 27.0 Å². The van der Waals surface area contributed by atoms with Crippen LogP contribution < -0.4 is 5.32 Å². The van der Waals surface area contributed by atoms with Gasteiger partial charge in [-0.1, -0.05) is 51.8 Å². The number of hydrogen-bond acceptors (Lipinski definition) is 2. The van der Waals surface area contributed by atoms with Crippen molar-refractivity contribution in [3.8, 4) is 0 Å². The molecule has 1 aliphatic heterocycles. The molecule has 23 heavy (non-hydrogen) atoms. The number of benzene rings is 2. The van der Waals surface area contributed by atoms with Crippen LogP contribution in [0.5, 0.6) is 0 Å². The summed E-state index contributed by atoms with van der Waals surface area (Å²) in [5.41, 5.74) is 2.49. The summed E-state index contributed by atoms with van der Waals surface area (Å²) in [7, 11) is 0. The Morgan fingerprint density at radius 2 is 1.96 bits per heavy atom. The molecule has 0 aromatic heterocycles. The molecule has 2 aromatic rings. The number of nitrogens with one attached hydrogen (secondary N) is 1. The van der Waals surface area contributed by atoms with Gasteiger partial charge in [0.2, 0.25) is 0 Å². The lowest BCUT2D eigenvalue weighted by atomic mass is 10.1. The van der Waals surface area contributed by atoms with Gasteiger partial charge in [0.25, 0.3) is 5.91 Å². The van der Waals surface area contributed by atoms with Crippen LogP contribution in [-0.2, 0) is 11.2 Å². The number of halogens is 2. The van der Waals surface area contributed by atoms with Crippen molar-refractivity contribution >= 4 is 45.3 Å². The number of amides is 1. The molecular weight excluding hydrogens is 376 g/mol. The lowest BCUT2D eigenvalue weighted by Crippen LogP contribution is -2.24. The molecule has 1 amide bonds. The number of carbonyl (C=O) groups is 1. The monoisotopic (exact) mass is 388 g/mol. The van der Waals surface area contributed by atoms with Crippen molar-refractivity contribution in [2.24, 2.45) is 4.99 Å². The molecule has 0 fully saturated rings. The van der Waals surface area contributed by atoms with Crippen LogP contribution in [0, 0.1) is 0 Å². The van der Waals surface area contributed by atoms with Crippen molar-refractivity contribution in [2.45, 2.75) is 12.8 Å². The predicted molar refractivity (Wildman–Crippen MR) is 97.5 cm³/mol. The van der Waals surface area contributed by atoms with Gasteiger partial charge in [0.15, 0.2) is 0 Å². The molecule has 0 spiro atoms. The predicted octanol–water partition coefficient (Wildman–Crippen LogP) is 4.60. The van der Waals surface area contributed by atoms with Gasteiger partial charge in [-0.25, -0.2) is 4.99 Å². The van der Waals surface area contributed by atoms with E-state index in [9.17, 15) is 4.79 Å². The normalized spacial score (nSPS) is 15.7. The van der Waals surface area contributed by atoms with Crippen LogP contribution in [0.2, 0.25) is 5.02 Å². The summed E-state index contributed by atoms with van der Waals surface area (Å²) in [6, 6.07) is 15.5. The van der Waals surface area contributed by atoms with Crippen LogP contribution in [0.4, 0.5) is 0 Å². The second kappa shape index (κ2) is 7.11. The molecule has 0 bridgehead atoms. The Balaban J connectivity index is 1.71. The highest BCUT2D eigenvalue weighted by Crippen LogP contribution is 2.18. The zero-order valence-corrected chi connectivity index (χ0v) is 14.6. The summed E-state index contributed by atoms with van der Waals surface area (Å²) in [4.78, 5) is 16.4. The van der Waals surface area contributed by atoms with Crippen molar-refractivity contribution in [2.75, 3.05) is 0 Å². The molecule has 0 unspecified atom stereocenters. The third-order valence-electron chi connectivity index (χ3n) is 3.44. The molecule has 0 saturated heterocycles. The second-order valence-electron chi connectivity index (χ2n) is 5.23. The van der Waals surface area contributed by atoms with Crippen LogP contribution in [-0.4, -0.2) is 11.7 Å². The highest BCUT2D eigenvalue weighted by atomic mass is 79.9. The molecule has 0 saturated carbocycles. The Morgan fingerprint density at radius 1 is 1.13 bits per heavy atom. The molecule has 2 aromatic carbocycles. The fraction of sp³-hybridized carbons (Fsp3) is 0.111. The zero-order valence-electron chi connectivity index (χ0n) is 12.2. The Kier molecular flexibility index (Phi) is 4.94. The first-order valence-electron chi connectivity index (χ1n) is 7.21. The number of aryl methyl sites for hydroxylation is 1. The largest absolute Gasteiger partial charge is 0.309 e. The van der Waals surface area contributed by atoms with Gasteiger partial charge in [-0.3, -0.25) is 4.79 Å². The molecule has 1 N–H and O–H groups in total. The van der Waals surface area contributed by atoms with Crippen LogP contribution in [0.1, 0.15) is 17.5 Å². The molecular formula is C18H14BrClN2O. The van der Waals surface area contributed by atoms with Gasteiger partial charge in [-0.2, -0.15) is 0 Å². The van der Waals surface area contributed by atoms with Crippen molar-refractivity contribution in [3.05, 3.63) is 74.9 Å². The molecule has 3 nitrogen and oxygen atoms in total. The number of amidine groups is 1. The van der Waals surface area contributed by atoms with Gasteiger partial charge in [0.05, 0.1) is 0 Å². The van der Waals surface area contributed by atoms with E-state index in [1.807, 2.05) is 48.5 Å². The second-order valence-corrected chi connectivity index (χ2v) is 6.58. The maximum Gasteiger partial charge on any atom is 0.275 e. The summed E-state index contributed by atoms with van der Waals surface area (Å²) >= 11 is 9.40. The van der Waals surface area contributed by atoms with Crippen molar-refractivity contribution in [1.82, 2.24) is 5.32 Å². The average Bonchev–Trinajstić information content (AvgIpc) is 2.86. The van der Waals surface area contributed by atoms with Crippen LogP contribution in [0.15, 0.2) is 63.7 Å². The first-order chi connectivity index (χ1) is 11.1. The fourth-order valence-electron chi connectivity index (χ4n) is 2.34. The minimum absolute atomic E-state index is 0.161. The molecule has 0 radical (unpaired) electrons. The number of nitrogens with zero attached hydrogens (tertiary/aromatic N) is 1. The number of aliphatic imine (C=N–C) groups is 1. The summed E-state index contributed by atoms with van der Waals surface area (Å²) in [5.74, 6) is 0.530. The average molecular weight is 390 g/mol. The van der Waals surface area contributed by atoms with Gasteiger partial charge in [0.1, 0.15) is 11.5 Å². The fourth-order valence-corrected chi connectivity index (χ4v) is 2.97. The summed E-state index contributed by atoms with van der Waals surface area (Å²) in [6.45, 7) is 0. The standard InChI is InChI=1S/C18H14BrClN2O/c19-14-5-1-4-13(9-14)11-16-18(23)22-17(21-16)8-7-12-3-2-6-15(20)10-12/h1-6,9-11H,7-8H2,(H,21,22,23)/b16-11+. The van der Waals surface area contributed by atoms with Gasteiger partial charge in [0, 0.05) is 15.9 Å². The van der Waals surface area contributed by atoms with E-state index in [1.54, 1.807) is 6.08 Å². The molecule has 116 valence electrons. The number of rotatable bonds is 4.